The van der Waals surface area contributed by atoms with Gasteiger partial charge in [-0.15, -0.1) is 12.4 Å². The third-order valence-electron chi connectivity index (χ3n) is 4.32. The van der Waals surface area contributed by atoms with Crippen LogP contribution in [-0.2, 0) is 9.53 Å². The highest BCUT2D eigenvalue weighted by Gasteiger charge is 2.35. The number of oxazole rings is 1. The van der Waals surface area contributed by atoms with Crippen LogP contribution in [0.4, 0.5) is 5.69 Å². The highest BCUT2D eigenvalue weighted by molar-refractivity contribution is 5.98. The Morgan fingerprint density at radius 1 is 1.24 bits per heavy atom. The molecule has 2 aromatic rings. The number of hydrogen-bond acceptors (Lipinski definition) is 5. The van der Waals surface area contributed by atoms with Gasteiger partial charge >= 0.3 is 0 Å². The number of benzene rings is 1. The summed E-state index contributed by atoms with van der Waals surface area (Å²) in [6.45, 7) is 5.15. The number of nitrogens with zero attached hydrogens (tertiary/aromatic N) is 1. The van der Waals surface area contributed by atoms with Crippen LogP contribution in [0.1, 0.15) is 38.4 Å². The Labute approximate surface area is 153 Å². The van der Waals surface area contributed by atoms with Crippen LogP contribution in [0, 0.1) is 0 Å². The van der Waals surface area contributed by atoms with Gasteiger partial charge in [0.1, 0.15) is 11.3 Å². The zero-order valence-electron chi connectivity index (χ0n) is 14.5. The molecule has 0 aliphatic carbocycles. The first-order valence-electron chi connectivity index (χ1n) is 8.22. The summed E-state index contributed by atoms with van der Waals surface area (Å²) in [5.41, 5.74) is 6.90. The molecule has 25 heavy (non-hydrogen) atoms. The number of nitrogens with two attached hydrogens (primary N) is 1. The first kappa shape index (κ1) is 19.4. The molecule has 136 valence electrons. The number of aromatic nitrogens is 1. The molecule has 7 heteroatoms. The van der Waals surface area contributed by atoms with E-state index in [0.29, 0.717) is 43.6 Å². The van der Waals surface area contributed by atoms with Crippen molar-refractivity contribution in [3.63, 3.8) is 0 Å². The quantitative estimate of drug-likeness (QED) is 0.867. The molecule has 3 rings (SSSR count). The number of rotatable bonds is 4. The van der Waals surface area contributed by atoms with Crippen molar-refractivity contribution in [3.05, 3.63) is 36.2 Å². The molecule has 6 nitrogen and oxygen atoms in total. The molecule has 0 unspecified atom stereocenters. The van der Waals surface area contributed by atoms with Gasteiger partial charge in [0, 0.05) is 30.4 Å². The van der Waals surface area contributed by atoms with Crippen molar-refractivity contribution < 1.29 is 13.9 Å². The lowest BCUT2D eigenvalue weighted by atomic mass is 9.90. The summed E-state index contributed by atoms with van der Waals surface area (Å²) < 4.78 is 11.0. The average molecular weight is 366 g/mol. The number of amides is 1. The van der Waals surface area contributed by atoms with E-state index in [1.807, 2.05) is 24.3 Å². The Kier molecular flexibility index (Phi) is 6.21. The molecule has 0 radical (unpaired) electrons. The second-order valence-corrected chi connectivity index (χ2v) is 6.52. The largest absolute Gasteiger partial charge is 0.441 e. The van der Waals surface area contributed by atoms with Crippen LogP contribution < -0.4 is 11.1 Å². The molecule has 1 saturated heterocycles. The monoisotopic (exact) mass is 365 g/mol. The van der Waals surface area contributed by atoms with Gasteiger partial charge in [0.05, 0.1) is 6.20 Å². The topological polar surface area (TPSA) is 90.4 Å². The molecule has 0 spiro atoms. The van der Waals surface area contributed by atoms with E-state index in [-0.39, 0.29) is 18.3 Å². The lowest BCUT2D eigenvalue weighted by Crippen LogP contribution is -2.54. The molecular weight excluding hydrogens is 342 g/mol. The Morgan fingerprint density at radius 2 is 1.88 bits per heavy atom. The summed E-state index contributed by atoms with van der Waals surface area (Å²) in [6, 6.07) is 7.40. The van der Waals surface area contributed by atoms with Crippen molar-refractivity contribution in [2.75, 3.05) is 18.5 Å². The van der Waals surface area contributed by atoms with Crippen molar-refractivity contribution in [2.45, 2.75) is 38.1 Å². The molecule has 1 aliphatic rings. The number of carbonyl (C=O) groups is 1. The Balaban J connectivity index is 0.00000225. The Hall–Kier alpha value is -1.89. The van der Waals surface area contributed by atoms with Crippen LogP contribution in [0.15, 0.2) is 34.9 Å². The van der Waals surface area contributed by atoms with Crippen molar-refractivity contribution >= 4 is 24.0 Å². The number of ether oxygens (including phenoxy) is 1. The van der Waals surface area contributed by atoms with Gasteiger partial charge in [-0.2, -0.15) is 0 Å². The second-order valence-electron chi connectivity index (χ2n) is 6.52. The van der Waals surface area contributed by atoms with Gasteiger partial charge in [-0.1, -0.05) is 13.8 Å². The first-order chi connectivity index (χ1) is 11.5. The number of hydrogen-bond donors (Lipinski definition) is 2. The van der Waals surface area contributed by atoms with E-state index in [1.165, 1.54) is 0 Å². The molecule has 1 aliphatic heterocycles. The van der Waals surface area contributed by atoms with Crippen molar-refractivity contribution in [3.8, 4) is 11.5 Å². The van der Waals surface area contributed by atoms with E-state index in [9.17, 15) is 4.79 Å². The highest BCUT2D eigenvalue weighted by Crippen LogP contribution is 2.25. The van der Waals surface area contributed by atoms with Gasteiger partial charge in [0.15, 0.2) is 0 Å². The van der Waals surface area contributed by atoms with Crippen LogP contribution >= 0.6 is 12.4 Å². The molecule has 3 N–H and O–H groups in total. The molecule has 1 amide bonds. The van der Waals surface area contributed by atoms with Crippen molar-refractivity contribution in [1.82, 2.24) is 4.98 Å². The second kappa shape index (κ2) is 7.99. The van der Waals surface area contributed by atoms with E-state index < -0.39 is 5.54 Å². The molecular formula is C18H24ClN3O3. The molecule has 1 aromatic carbocycles. The molecule has 1 fully saturated rings. The van der Waals surface area contributed by atoms with Gasteiger partial charge in [-0.05, 0) is 37.1 Å². The number of anilines is 1. The lowest BCUT2D eigenvalue weighted by Gasteiger charge is -2.31. The van der Waals surface area contributed by atoms with Crippen LogP contribution in [0.3, 0.4) is 0 Å². The molecule has 2 heterocycles. The summed E-state index contributed by atoms with van der Waals surface area (Å²) in [6.07, 6.45) is 2.81. The summed E-state index contributed by atoms with van der Waals surface area (Å²) in [7, 11) is 0. The van der Waals surface area contributed by atoms with E-state index in [2.05, 4.69) is 24.1 Å². The maximum atomic E-state index is 12.4. The van der Waals surface area contributed by atoms with Gasteiger partial charge in [-0.25, -0.2) is 4.98 Å². The minimum atomic E-state index is -0.856. The molecule has 0 bridgehead atoms. The predicted octanol–water partition coefficient (Wildman–Crippen LogP) is 3.33. The van der Waals surface area contributed by atoms with E-state index >= 15 is 0 Å². The fraction of sp³-hybridized carbons (Fsp3) is 0.444. The smallest absolute Gasteiger partial charge is 0.244 e. The minimum Gasteiger partial charge on any atom is -0.441 e. The third kappa shape index (κ3) is 4.39. The van der Waals surface area contributed by atoms with Gasteiger partial charge in [0.2, 0.25) is 11.8 Å². The Morgan fingerprint density at radius 3 is 2.44 bits per heavy atom. The van der Waals surface area contributed by atoms with Crippen LogP contribution in [0.2, 0.25) is 0 Å². The zero-order chi connectivity index (χ0) is 17.2. The summed E-state index contributed by atoms with van der Waals surface area (Å²) >= 11 is 0. The zero-order valence-corrected chi connectivity index (χ0v) is 15.3. The van der Waals surface area contributed by atoms with Crippen molar-refractivity contribution in [2.24, 2.45) is 5.73 Å². The normalized spacial score (nSPS) is 16.3. The number of halogens is 1. The maximum absolute atomic E-state index is 12.4. The minimum absolute atomic E-state index is 0. The average Bonchev–Trinajstić information content (AvgIpc) is 3.06. The number of carbonyl (C=O) groups excluding carboxylic acids is 1. The van der Waals surface area contributed by atoms with E-state index in [4.69, 9.17) is 14.9 Å². The molecule has 0 atom stereocenters. The van der Waals surface area contributed by atoms with Crippen LogP contribution in [0.25, 0.3) is 11.5 Å². The summed E-state index contributed by atoms with van der Waals surface area (Å²) in [5.74, 6) is 1.56. The van der Waals surface area contributed by atoms with Crippen LogP contribution in [-0.4, -0.2) is 29.6 Å². The number of nitrogens with one attached hydrogen (secondary N) is 1. The fourth-order valence-electron chi connectivity index (χ4n) is 2.60. The van der Waals surface area contributed by atoms with E-state index in [1.54, 1.807) is 6.20 Å². The fourth-order valence-corrected chi connectivity index (χ4v) is 2.60. The Bertz CT molecular complexity index is 707. The standard InChI is InChI=1S/C18H23N3O3.ClH/c1-12(2)15-11-20-16(24-15)13-3-5-14(6-4-13)21-17(22)18(19)7-9-23-10-8-18;/h3-6,11-12H,7-10,19H2,1-2H3,(H,21,22);1H. The molecule has 0 saturated carbocycles. The van der Waals surface area contributed by atoms with Gasteiger partial charge < -0.3 is 20.2 Å². The van der Waals surface area contributed by atoms with Gasteiger partial charge in [-0.3, -0.25) is 4.79 Å². The first-order valence-corrected chi connectivity index (χ1v) is 8.22. The molecule has 1 aromatic heterocycles. The summed E-state index contributed by atoms with van der Waals surface area (Å²) in [4.78, 5) is 16.7. The van der Waals surface area contributed by atoms with E-state index in [0.717, 1.165) is 11.3 Å². The van der Waals surface area contributed by atoms with Crippen LogP contribution in [0.5, 0.6) is 0 Å². The SMILES string of the molecule is CC(C)c1cnc(-c2ccc(NC(=O)C3(N)CCOCC3)cc2)o1.Cl. The highest BCUT2D eigenvalue weighted by atomic mass is 35.5. The third-order valence-corrected chi connectivity index (χ3v) is 4.32. The predicted molar refractivity (Wildman–Crippen MR) is 98.9 cm³/mol. The maximum Gasteiger partial charge on any atom is 0.244 e. The van der Waals surface area contributed by atoms with Crippen molar-refractivity contribution in [1.29, 1.82) is 0 Å². The van der Waals surface area contributed by atoms with Gasteiger partial charge in [0.25, 0.3) is 0 Å². The summed E-state index contributed by atoms with van der Waals surface area (Å²) in [5, 5.41) is 2.88. The lowest BCUT2D eigenvalue weighted by molar-refractivity contribution is -0.124.